The smallest absolute Gasteiger partial charge is 0.216 e. The van der Waals surface area contributed by atoms with Crippen LogP contribution in [0.25, 0.3) is 0 Å². The molecule has 0 radical (unpaired) electrons. The third-order valence-electron chi connectivity index (χ3n) is 2.60. The van der Waals surface area contributed by atoms with Gasteiger partial charge in [-0.25, -0.2) is 0 Å². The topological polar surface area (TPSA) is 69.6 Å². The Kier molecular flexibility index (Phi) is 4.04. The van der Waals surface area contributed by atoms with Gasteiger partial charge in [-0.1, -0.05) is 13.2 Å². The minimum Gasteiger partial charge on any atom is -0.386 e. The van der Waals surface area contributed by atoms with E-state index < -0.39 is 12.2 Å². The Morgan fingerprint density at radius 1 is 1.50 bits per heavy atom. The van der Waals surface area contributed by atoms with Crippen LogP contribution in [0.15, 0.2) is 36.0 Å². The van der Waals surface area contributed by atoms with E-state index in [1.807, 2.05) is 0 Å². The Bertz CT molecular complexity index is 357. The van der Waals surface area contributed by atoms with Crippen LogP contribution in [-0.4, -0.2) is 34.9 Å². The number of hydrogen-bond donors (Lipinski definition) is 3. The third-order valence-corrected chi connectivity index (χ3v) is 2.60. The van der Waals surface area contributed by atoms with E-state index in [4.69, 9.17) is 0 Å². The van der Waals surface area contributed by atoms with Gasteiger partial charge in [-0.2, -0.15) is 0 Å². The SMILES string of the molecule is C=C1C(=C)C(O)C(O)C=C1CCNC(C)=O. The normalized spacial score (nSPS) is 25.3. The number of rotatable bonds is 3. The lowest BCUT2D eigenvalue weighted by Gasteiger charge is -2.27. The van der Waals surface area contributed by atoms with E-state index in [-0.39, 0.29) is 5.91 Å². The summed E-state index contributed by atoms with van der Waals surface area (Å²) in [7, 11) is 0. The Morgan fingerprint density at radius 3 is 2.69 bits per heavy atom. The average Bonchev–Trinajstić information content (AvgIpc) is 2.22. The second-order valence-corrected chi connectivity index (χ2v) is 3.86. The fourth-order valence-corrected chi connectivity index (χ4v) is 1.60. The molecule has 2 atom stereocenters. The van der Waals surface area contributed by atoms with Gasteiger partial charge < -0.3 is 15.5 Å². The van der Waals surface area contributed by atoms with Crippen LogP contribution in [0.5, 0.6) is 0 Å². The fraction of sp³-hybridized carbons (Fsp3) is 0.417. The first kappa shape index (κ1) is 12.7. The molecule has 0 heterocycles. The maximum atomic E-state index is 10.7. The minimum absolute atomic E-state index is 0.0959. The zero-order valence-corrected chi connectivity index (χ0v) is 9.36. The van der Waals surface area contributed by atoms with Gasteiger partial charge in [0.2, 0.25) is 5.91 Å². The number of hydrogen-bond acceptors (Lipinski definition) is 3. The molecule has 0 saturated carbocycles. The van der Waals surface area contributed by atoms with Gasteiger partial charge in [0.15, 0.2) is 0 Å². The van der Waals surface area contributed by atoms with Crippen LogP contribution >= 0.6 is 0 Å². The predicted octanol–water partition coefficient (Wildman–Crippen LogP) is 0.287. The predicted molar refractivity (Wildman–Crippen MR) is 61.7 cm³/mol. The first-order valence-corrected chi connectivity index (χ1v) is 5.13. The Labute approximate surface area is 95.0 Å². The molecule has 0 aliphatic heterocycles. The number of carbonyl (C=O) groups excluding carboxylic acids is 1. The van der Waals surface area contributed by atoms with Gasteiger partial charge in [0.05, 0.1) is 0 Å². The molecule has 0 aromatic rings. The maximum absolute atomic E-state index is 10.7. The maximum Gasteiger partial charge on any atom is 0.216 e. The van der Waals surface area contributed by atoms with E-state index in [2.05, 4.69) is 18.5 Å². The third kappa shape index (κ3) is 2.81. The van der Waals surface area contributed by atoms with E-state index in [1.54, 1.807) is 6.08 Å². The van der Waals surface area contributed by atoms with Crippen molar-refractivity contribution < 1.29 is 15.0 Å². The number of aliphatic hydroxyl groups excluding tert-OH is 2. The summed E-state index contributed by atoms with van der Waals surface area (Å²) in [5, 5.41) is 21.7. The summed E-state index contributed by atoms with van der Waals surface area (Å²) in [5.74, 6) is -0.0959. The minimum atomic E-state index is -0.975. The molecule has 1 rings (SSSR count). The van der Waals surface area contributed by atoms with E-state index >= 15 is 0 Å². The fourth-order valence-electron chi connectivity index (χ4n) is 1.60. The standard InChI is InChI=1S/C12H17NO3/c1-7-8(2)12(16)11(15)6-10(7)4-5-13-9(3)14/h6,11-12,15-16H,1-2,4-5H2,3H3,(H,13,14). The van der Waals surface area contributed by atoms with Crippen LogP contribution in [0, 0.1) is 0 Å². The van der Waals surface area contributed by atoms with Crippen LogP contribution < -0.4 is 5.32 Å². The summed E-state index contributed by atoms with van der Waals surface area (Å²) in [6.45, 7) is 9.42. The first-order chi connectivity index (χ1) is 7.43. The molecule has 88 valence electrons. The number of amides is 1. The molecule has 0 bridgehead atoms. The summed E-state index contributed by atoms with van der Waals surface area (Å²) in [4.78, 5) is 10.7. The van der Waals surface area contributed by atoms with Crippen LogP contribution in [0.3, 0.4) is 0 Å². The molecule has 4 nitrogen and oxygen atoms in total. The van der Waals surface area contributed by atoms with Gasteiger partial charge in [-0.3, -0.25) is 4.79 Å². The molecule has 4 heteroatoms. The van der Waals surface area contributed by atoms with Gasteiger partial charge in [-0.15, -0.1) is 0 Å². The summed E-state index contributed by atoms with van der Waals surface area (Å²) >= 11 is 0. The van der Waals surface area contributed by atoms with Crippen LogP contribution in [0.2, 0.25) is 0 Å². The molecule has 1 amide bonds. The van der Waals surface area contributed by atoms with Crippen molar-refractivity contribution in [2.75, 3.05) is 6.54 Å². The van der Waals surface area contributed by atoms with E-state index in [0.717, 1.165) is 5.57 Å². The van der Waals surface area contributed by atoms with Crippen molar-refractivity contribution in [1.82, 2.24) is 5.32 Å². The van der Waals surface area contributed by atoms with Gasteiger partial charge in [0.25, 0.3) is 0 Å². The summed E-state index contributed by atoms with van der Waals surface area (Å²) in [6, 6.07) is 0. The molecule has 0 fully saturated rings. The van der Waals surface area contributed by atoms with Gasteiger partial charge in [-0.05, 0) is 29.2 Å². The quantitative estimate of drug-likeness (QED) is 0.644. The number of carbonyl (C=O) groups is 1. The molecule has 0 aromatic heterocycles. The van der Waals surface area contributed by atoms with Crippen molar-refractivity contribution in [3.8, 4) is 0 Å². The van der Waals surface area contributed by atoms with Crippen molar-refractivity contribution in [2.45, 2.75) is 25.6 Å². The zero-order valence-electron chi connectivity index (χ0n) is 9.36. The van der Waals surface area contributed by atoms with Crippen LogP contribution in [-0.2, 0) is 4.79 Å². The summed E-state index contributed by atoms with van der Waals surface area (Å²) in [5.41, 5.74) is 1.90. The number of aliphatic hydroxyl groups is 2. The highest BCUT2D eigenvalue weighted by atomic mass is 16.3. The molecular weight excluding hydrogens is 206 g/mol. The number of nitrogens with one attached hydrogen (secondary N) is 1. The largest absolute Gasteiger partial charge is 0.386 e. The second kappa shape index (κ2) is 5.09. The first-order valence-electron chi connectivity index (χ1n) is 5.13. The lowest BCUT2D eigenvalue weighted by atomic mass is 9.85. The van der Waals surface area contributed by atoms with Crippen LogP contribution in [0.1, 0.15) is 13.3 Å². The zero-order chi connectivity index (χ0) is 12.3. The molecule has 0 saturated heterocycles. The van der Waals surface area contributed by atoms with Crippen molar-refractivity contribution in [3.63, 3.8) is 0 Å². The monoisotopic (exact) mass is 223 g/mol. The second-order valence-electron chi connectivity index (χ2n) is 3.86. The molecule has 0 spiro atoms. The lowest BCUT2D eigenvalue weighted by Crippen LogP contribution is -2.31. The Morgan fingerprint density at radius 2 is 2.12 bits per heavy atom. The molecule has 16 heavy (non-hydrogen) atoms. The van der Waals surface area contributed by atoms with E-state index in [1.165, 1.54) is 6.92 Å². The highest BCUT2D eigenvalue weighted by Gasteiger charge is 2.26. The van der Waals surface area contributed by atoms with Crippen molar-refractivity contribution >= 4 is 5.91 Å². The van der Waals surface area contributed by atoms with Gasteiger partial charge in [0, 0.05) is 13.5 Å². The highest BCUT2D eigenvalue weighted by Crippen LogP contribution is 2.29. The highest BCUT2D eigenvalue weighted by molar-refractivity contribution is 5.72. The van der Waals surface area contributed by atoms with Crippen molar-refractivity contribution in [1.29, 1.82) is 0 Å². The summed E-state index contributed by atoms with van der Waals surface area (Å²) < 4.78 is 0. The average molecular weight is 223 g/mol. The van der Waals surface area contributed by atoms with Gasteiger partial charge in [0.1, 0.15) is 12.2 Å². The Balaban J connectivity index is 2.65. The Hall–Kier alpha value is -1.39. The molecule has 0 aromatic carbocycles. The van der Waals surface area contributed by atoms with Crippen molar-refractivity contribution in [2.24, 2.45) is 0 Å². The molecule has 3 N–H and O–H groups in total. The molecular formula is C12H17NO3. The van der Waals surface area contributed by atoms with Crippen LogP contribution in [0.4, 0.5) is 0 Å². The summed E-state index contributed by atoms with van der Waals surface area (Å²) in [6.07, 6.45) is 0.215. The van der Waals surface area contributed by atoms with Gasteiger partial charge >= 0.3 is 0 Å². The lowest BCUT2D eigenvalue weighted by molar-refractivity contribution is -0.118. The molecule has 2 unspecified atom stereocenters. The van der Waals surface area contributed by atoms with E-state index in [0.29, 0.717) is 24.1 Å². The van der Waals surface area contributed by atoms with E-state index in [9.17, 15) is 15.0 Å². The van der Waals surface area contributed by atoms with Crippen molar-refractivity contribution in [3.05, 3.63) is 36.0 Å². The molecule has 1 aliphatic carbocycles. The molecule has 1 aliphatic rings.